The maximum Gasteiger partial charge on any atom is 0.225 e. The second-order valence-electron chi connectivity index (χ2n) is 7.40. The lowest BCUT2D eigenvalue weighted by molar-refractivity contribution is -0.135. The van der Waals surface area contributed by atoms with Gasteiger partial charge in [-0.2, -0.15) is 5.10 Å². The van der Waals surface area contributed by atoms with Gasteiger partial charge in [0.1, 0.15) is 0 Å². The van der Waals surface area contributed by atoms with Crippen molar-refractivity contribution in [2.75, 3.05) is 26.2 Å². The summed E-state index contributed by atoms with van der Waals surface area (Å²) >= 11 is 0. The van der Waals surface area contributed by atoms with Crippen LogP contribution in [0.4, 0.5) is 0 Å². The number of nitrogens with one attached hydrogen (secondary N) is 2. The maximum atomic E-state index is 12.8. The predicted molar refractivity (Wildman–Crippen MR) is 104 cm³/mol. The molecule has 1 amide bonds. The number of aromatic nitrogens is 2. The summed E-state index contributed by atoms with van der Waals surface area (Å²) < 4.78 is 5.70. The van der Waals surface area contributed by atoms with Crippen molar-refractivity contribution in [3.8, 4) is 0 Å². The van der Waals surface area contributed by atoms with Crippen LogP contribution in [0.25, 0.3) is 0 Å². The monoisotopic (exact) mass is 368 g/mol. The Morgan fingerprint density at radius 3 is 2.96 bits per heavy atom. The number of rotatable bonds is 5. The van der Waals surface area contributed by atoms with Gasteiger partial charge in [-0.1, -0.05) is 37.3 Å². The Balaban J connectivity index is 1.50. The molecule has 2 aromatic rings. The predicted octanol–water partition coefficient (Wildman–Crippen LogP) is 2.21. The Morgan fingerprint density at radius 1 is 1.37 bits per heavy atom. The van der Waals surface area contributed by atoms with E-state index in [1.807, 2.05) is 11.0 Å². The van der Waals surface area contributed by atoms with E-state index in [9.17, 15) is 4.79 Å². The van der Waals surface area contributed by atoms with Gasteiger partial charge in [-0.15, -0.1) is 0 Å². The molecule has 1 fully saturated rings. The molecule has 2 aliphatic rings. The van der Waals surface area contributed by atoms with Crippen molar-refractivity contribution in [3.05, 3.63) is 52.8 Å². The number of carbonyl (C=O) groups is 1. The first-order valence-corrected chi connectivity index (χ1v) is 9.97. The SMILES string of the molecule is CC[C@@H](c1ccccc1)c1n[nH]c2c1CN(C(=O)C[C@H]1CNCCO1)CC2. The van der Waals surface area contributed by atoms with Gasteiger partial charge in [0.05, 0.1) is 24.8 Å². The number of hydrogen-bond donors (Lipinski definition) is 2. The Labute approximate surface area is 160 Å². The van der Waals surface area contributed by atoms with Crippen LogP contribution in [0, 0.1) is 0 Å². The van der Waals surface area contributed by atoms with Gasteiger partial charge in [0, 0.05) is 49.8 Å². The minimum atomic E-state index is -0.0100. The van der Waals surface area contributed by atoms with Crippen LogP contribution < -0.4 is 5.32 Å². The molecule has 0 unspecified atom stereocenters. The van der Waals surface area contributed by atoms with Crippen LogP contribution in [0.2, 0.25) is 0 Å². The van der Waals surface area contributed by atoms with Crippen molar-refractivity contribution in [1.82, 2.24) is 20.4 Å². The van der Waals surface area contributed by atoms with Crippen LogP contribution in [0.1, 0.15) is 48.2 Å². The summed E-state index contributed by atoms with van der Waals surface area (Å²) in [6.07, 6.45) is 2.26. The van der Waals surface area contributed by atoms with Gasteiger partial charge in [-0.05, 0) is 12.0 Å². The van der Waals surface area contributed by atoms with E-state index in [-0.39, 0.29) is 17.9 Å². The van der Waals surface area contributed by atoms with Gasteiger partial charge in [-0.3, -0.25) is 9.89 Å². The normalized spacial score (nSPS) is 20.9. The summed E-state index contributed by atoms with van der Waals surface area (Å²) in [6, 6.07) is 10.5. The lowest BCUT2D eigenvalue weighted by atomic mass is 9.89. The van der Waals surface area contributed by atoms with Crippen LogP contribution >= 0.6 is 0 Å². The number of nitrogens with zero attached hydrogens (tertiary/aromatic N) is 2. The number of morpholine rings is 1. The second-order valence-corrected chi connectivity index (χ2v) is 7.40. The average molecular weight is 368 g/mol. The van der Waals surface area contributed by atoms with Gasteiger partial charge in [0.25, 0.3) is 0 Å². The van der Waals surface area contributed by atoms with Crippen molar-refractivity contribution in [1.29, 1.82) is 0 Å². The molecule has 0 radical (unpaired) electrons. The Kier molecular flexibility index (Phi) is 5.55. The maximum absolute atomic E-state index is 12.8. The number of hydrogen-bond acceptors (Lipinski definition) is 4. The standard InChI is InChI=1S/C21H28N4O2/c1-2-17(15-6-4-3-5-7-15)21-18-14-25(10-8-19(18)23-24-21)20(26)12-16-13-22-9-11-27-16/h3-7,16-17,22H,2,8-14H2,1H3,(H,23,24)/t16-,17-/m0/s1. The number of ether oxygens (including phenoxy) is 1. The highest BCUT2D eigenvalue weighted by atomic mass is 16.5. The van der Waals surface area contributed by atoms with Crippen LogP contribution in [0.3, 0.4) is 0 Å². The average Bonchev–Trinajstić information content (AvgIpc) is 3.13. The molecule has 2 atom stereocenters. The molecule has 1 aromatic heterocycles. The van der Waals surface area contributed by atoms with Gasteiger partial charge in [0.2, 0.25) is 5.91 Å². The molecule has 0 bridgehead atoms. The highest BCUT2D eigenvalue weighted by molar-refractivity contribution is 5.77. The molecule has 27 heavy (non-hydrogen) atoms. The molecule has 3 heterocycles. The first-order chi connectivity index (χ1) is 13.3. The summed E-state index contributed by atoms with van der Waals surface area (Å²) in [4.78, 5) is 14.8. The molecule has 0 spiro atoms. The molecular weight excluding hydrogens is 340 g/mol. The number of benzene rings is 1. The minimum Gasteiger partial charge on any atom is -0.375 e. The van der Waals surface area contributed by atoms with Gasteiger partial charge >= 0.3 is 0 Å². The molecule has 1 aromatic carbocycles. The molecule has 2 N–H and O–H groups in total. The van der Waals surface area contributed by atoms with Crippen LogP contribution in [0.5, 0.6) is 0 Å². The first-order valence-electron chi connectivity index (χ1n) is 9.97. The fourth-order valence-corrected chi connectivity index (χ4v) is 4.17. The number of amides is 1. The lowest BCUT2D eigenvalue weighted by Crippen LogP contribution is -2.43. The molecule has 144 valence electrons. The molecule has 1 saturated heterocycles. The quantitative estimate of drug-likeness (QED) is 0.849. The van der Waals surface area contributed by atoms with Gasteiger partial charge < -0.3 is 15.0 Å². The topological polar surface area (TPSA) is 70.2 Å². The van der Waals surface area contributed by atoms with Crippen molar-refractivity contribution in [2.24, 2.45) is 0 Å². The van der Waals surface area contributed by atoms with Crippen molar-refractivity contribution in [2.45, 2.75) is 44.8 Å². The van der Waals surface area contributed by atoms with Crippen molar-refractivity contribution >= 4 is 5.91 Å². The molecule has 4 rings (SSSR count). The summed E-state index contributed by atoms with van der Waals surface area (Å²) in [5.74, 6) is 0.432. The zero-order valence-corrected chi connectivity index (χ0v) is 15.9. The van der Waals surface area contributed by atoms with E-state index >= 15 is 0 Å². The second kappa shape index (κ2) is 8.23. The summed E-state index contributed by atoms with van der Waals surface area (Å²) in [7, 11) is 0. The molecule has 2 aliphatic heterocycles. The lowest BCUT2D eigenvalue weighted by Gasteiger charge is -2.30. The van der Waals surface area contributed by atoms with E-state index < -0.39 is 0 Å². The Hall–Kier alpha value is -2.18. The number of carbonyl (C=O) groups excluding carboxylic acids is 1. The van der Waals surface area contributed by atoms with Crippen LogP contribution in [0.15, 0.2) is 30.3 Å². The van der Waals surface area contributed by atoms with Crippen LogP contribution in [-0.2, 0) is 22.5 Å². The van der Waals surface area contributed by atoms with Crippen LogP contribution in [-0.4, -0.2) is 53.3 Å². The third-order valence-corrected chi connectivity index (χ3v) is 5.67. The summed E-state index contributed by atoms with van der Waals surface area (Å²) in [5, 5.41) is 11.2. The number of aromatic amines is 1. The smallest absolute Gasteiger partial charge is 0.225 e. The van der Waals surface area contributed by atoms with Crippen molar-refractivity contribution < 1.29 is 9.53 Å². The number of fused-ring (bicyclic) bond motifs is 1. The zero-order chi connectivity index (χ0) is 18.6. The largest absolute Gasteiger partial charge is 0.375 e. The Bertz CT molecular complexity index is 768. The van der Waals surface area contributed by atoms with Gasteiger partial charge in [0.15, 0.2) is 0 Å². The fraction of sp³-hybridized carbons (Fsp3) is 0.524. The first kappa shape index (κ1) is 18.2. The van der Waals surface area contributed by atoms with E-state index in [0.717, 1.165) is 38.2 Å². The highest BCUT2D eigenvalue weighted by Crippen LogP contribution is 2.32. The summed E-state index contributed by atoms with van der Waals surface area (Å²) in [5.41, 5.74) is 4.75. The van der Waals surface area contributed by atoms with E-state index in [1.165, 1.54) is 16.8 Å². The Morgan fingerprint density at radius 2 is 2.22 bits per heavy atom. The third kappa shape index (κ3) is 3.92. The molecule has 0 aliphatic carbocycles. The zero-order valence-electron chi connectivity index (χ0n) is 15.9. The number of H-pyrrole nitrogens is 1. The molecule has 6 nitrogen and oxygen atoms in total. The van der Waals surface area contributed by atoms with Crippen molar-refractivity contribution in [3.63, 3.8) is 0 Å². The van der Waals surface area contributed by atoms with Gasteiger partial charge in [-0.25, -0.2) is 0 Å². The molecule has 0 saturated carbocycles. The van der Waals surface area contributed by atoms with E-state index in [2.05, 4.69) is 46.7 Å². The molecule has 6 heteroatoms. The summed E-state index contributed by atoms with van der Waals surface area (Å²) in [6.45, 7) is 5.89. The third-order valence-electron chi connectivity index (χ3n) is 5.67. The highest BCUT2D eigenvalue weighted by Gasteiger charge is 2.29. The van der Waals surface area contributed by atoms with E-state index in [0.29, 0.717) is 19.6 Å². The fourth-order valence-electron chi connectivity index (χ4n) is 4.17. The molecular formula is C21H28N4O2. The van der Waals surface area contributed by atoms with E-state index in [1.54, 1.807) is 0 Å². The van der Waals surface area contributed by atoms with E-state index in [4.69, 9.17) is 4.74 Å². The minimum absolute atomic E-state index is 0.0100.